The molecule has 2 nitrogen and oxygen atoms in total. The summed E-state index contributed by atoms with van der Waals surface area (Å²) in [5.41, 5.74) is 2.16. The molecule has 0 saturated carbocycles. The third-order valence-electron chi connectivity index (χ3n) is 2.66. The van der Waals surface area contributed by atoms with E-state index in [1.165, 1.54) is 0 Å². The minimum atomic E-state index is -0.0486. The molecule has 0 fully saturated rings. The molecule has 1 atom stereocenters. The molecule has 0 spiro atoms. The highest BCUT2D eigenvalue weighted by molar-refractivity contribution is 9.10. The number of hydrogen-bond acceptors (Lipinski definition) is 2. The van der Waals surface area contributed by atoms with E-state index in [0.29, 0.717) is 0 Å². The van der Waals surface area contributed by atoms with E-state index < -0.39 is 0 Å². The van der Waals surface area contributed by atoms with Gasteiger partial charge >= 0.3 is 0 Å². The van der Waals surface area contributed by atoms with Crippen molar-refractivity contribution in [1.29, 1.82) is 0 Å². The zero-order chi connectivity index (χ0) is 12.4. The maximum Gasteiger partial charge on any atom is 0.139 e. The third kappa shape index (κ3) is 2.57. The third-order valence-corrected chi connectivity index (χ3v) is 3.65. The highest BCUT2D eigenvalue weighted by Gasteiger charge is 2.20. The lowest BCUT2D eigenvalue weighted by Crippen LogP contribution is -2.17. The van der Waals surface area contributed by atoms with Gasteiger partial charge in [0.05, 0.1) is 16.8 Å². The molecular formula is C13H13BrClNO. The van der Waals surface area contributed by atoms with Crippen LogP contribution in [0, 0.1) is 6.92 Å². The largest absolute Gasteiger partial charge is 0.466 e. The lowest BCUT2D eigenvalue weighted by Gasteiger charge is -2.16. The zero-order valence-electron chi connectivity index (χ0n) is 9.63. The minimum Gasteiger partial charge on any atom is -0.466 e. The number of halogens is 2. The summed E-state index contributed by atoms with van der Waals surface area (Å²) in [4.78, 5) is 0. The molecule has 0 aliphatic carbocycles. The monoisotopic (exact) mass is 313 g/mol. The Bertz CT molecular complexity index is 524. The Morgan fingerprint density at radius 3 is 2.65 bits per heavy atom. The number of hydrogen-bond donors (Lipinski definition) is 1. The fourth-order valence-electron chi connectivity index (χ4n) is 1.81. The van der Waals surface area contributed by atoms with Crippen molar-refractivity contribution in [3.63, 3.8) is 0 Å². The van der Waals surface area contributed by atoms with Crippen LogP contribution in [0.1, 0.15) is 22.9 Å². The first-order valence-electron chi connectivity index (χ1n) is 5.29. The molecule has 0 aliphatic heterocycles. The van der Waals surface area contributed by atoms with Gasteiger partial charge in [-0.3, -0.25) is 0 Å². The summed E-state index contributed by atoms with van der Waals surface area (Å²) < 4.78 is 6.43. The summed E-state index contributed by atoms with van der Waals surface area (Å²) in [6, 6.07) is 7.85. The number of furan rings is 1. The molecule has 1 unspecified atom stereocenters. The fourth-order valence-corrected chi connectivity index (χ4v) is 2.58. The van der Waals surface area contributed by atoms with Crippen molar-refractivity contribution in [2.75, 3.05) is 7.05 Å². The van der Waals surface area contributed by atoms with Gasteiger partial charge in [0.1, 0.15) is 5.76 Å². The molecule has 1 aromatic carbocycles. The highest BCUT2D eigenvalue weighted by Crippen LogP contribution is 2.33. The van der Waals surface area contributed by atoms with Gasteiger partial charge in [-0.1, -0.05) is 23.7 Å². The second-order valence-electron chi connectivity index (χ2n) is 3.88. The summed E-state index contributed by atoms with van der Waals surface area (Å²) in [7, 11) is 1.88. The van der Waals surface area contributed by atoms with Crippen LogP contribution < -0.4 is 5.32 Å². The Kier molecular flexibility index (Phi) is 3.92. The molecule has 4 heteroatoms. The van der Waals surface area contributed by atoms with Crippen molar-refractivity contribution in [2.45, 2.75) is 13.0 Å². The molecule has 0 bridgehead atoms. The van der Waals surface area contributed by atoms with Crippen LogP contribution in [-0.2, 0) is 0 Å². The standard InChI is InChI=1S/C13H13BrClNO/c1-8-3-4-9(11(15)7-8)12(16-2)13-10(14)5-6-17-13/h3-7,12,16H,1-2H3. The zero-order valence-corrected chi connectivity index (χ0v) is 12.0. The first-order chi connectivity index (χ1) is 8.13. The molecular weight excluding hydrogens is 302 g/mol. The Hall–Kier alpha value is -0.770. The molecule has 0 radical (unpaired) electrons. The van der Waals surface area contributed by atoms with Crippen LogP contribution in [0.2, 0.25) is 5.02 Å². The van der Waals surface area contributed by atoms with Crippen LogP contribution in [-0.4, -0.2) is 7.05 Å². The minimum absolute atomic E-state index is 0.0486. The van der Waals surface area contributed by atoms with E-state index in [-0.39, 0.29) is 6.04 Å². The highest BCUT2D eigenvalue weighted by atomic mass is 79.9. The Morgan fingerprint density at radius 1 is 1.35 bits per heavy atom. The quantitative estimate of drug-likeness (QED) is 0.913. The predicted molar refractivity (Wildman–Crippen MR) is 73.5 cm³/mol. The normalized spacial score (nSPS) is 12.7. The lowest BCUT2D eigenvalue weighted by molar-refractivity contribution is 0.461. The molecule has 17 heavy (non-hydrogen) atoms. The van der Waals surface area contributed by atoms with Gasteiger partial charge in [0.25, 0.3) is 0 Å². The molecule has 0 saturated heterocycles. The molecule has 90 valence electrons. The Balaban J connectivity index is 2.46. The SMILES string of the molecule is CNC(c1ccc(C)cc1Cl)c1occc1Br. The molecule has 1 N–H and O–H groups in total. The van der Waals surface area contributed by atoms with Gasteiger partial charge in [-0.25, -0.2) is 0 Å². The second-order valence-corrected chi connectivity index (χ2v) is 5.14. The van der Waals surface area contributed by atoms with Crippen molar-refractivity contribution in [3.05, 3.63) is 56.9 Å². The Labute approximate surface area is 114 Å². The van der Waals surface area contributed by atoms with Gasteiger partial charge in [-0.2, -0.15) is 0 Å². The van der Waals surface area contributed by atoms with Crippen LogP contribution in [0.15, 0.2) is 39.4 Å². The van der Waals surface area contributed by atoms with Crippen LogP contribution in [0.5, 0.6) is 0 Å². The van der Waals surface area contributed by atoms with E-state index in [4.69, 9.17) is 16.0 Å². The molecule has 2 aromatic rings. The molecule has 0 amide bonds. The van der Waals surface area contributed by atoms with Gasteiger partial charge in [0.2, 0.25) is 0 Å². The first-order valence-corrected chi connectivity index (χ1v) is 6.46. The molecule has 0 aliphatic rings. The van der Waals surface area contributed by atoms with Crippen molar-refractivity contribution >= 4 is 27.5 Å². The van der Waals surface area contributed by atoms with Gasteiger partial charge in [-0.15, -0.1) is 0 Å². The van der Waals surface area contributed by atoms with Gasteiger partial charge in [0, 0.05) is 5.02 Å². The van der Waals surface area contributed by atoms with Crippen LogP contribution in [0.25, 0.3) is 0 Å². The van der Waals surface area contributed by atoms with Crippen LogP contribution in [0.3, 0.4) is 0 Å². The fraction of sp³-hybridized carbons (Fsp3) is 0.231. The number of benzene rings is 1. The van der Waals surface area contributed by atoms with E-state index in [2.05, 4.69) is 21.2 Å². The Morgan fingerprint density at radius 2 is 2.12 bits per heavy atom. The topological polar surface area (TPSA) is 25.2 Å². The van der Waals surface area contributed by atoms with E-state index >= 15 is 0 Å². The average Bonchev–Trinajstić information content (AvgIpc) is 2.69. The summed E-state index contributed by atoms with van der Waals surface area (Å²) in [6.45, 7) is 2.02. The van der Waals surface area contributed by atoms with Crippen molar-refractivity contribution in [3.8, 4) is 0 Å². The van der Waals surface area contributed by atoms with Crippen LogP contribution >= 0.6 is 27.5 Å². The van der Waals surface area contributed by atoms with Gasteiger partial charge < -0.3 is 9.73 Å². The van der Waals surface area contributed by atoms with E-state index in [0.717, 1.165) is 26.4 Å². The van der Waals surface area contributed by atoms with E-state index in [9.17, 15) is 0 Å². The first kappa shape index (κ1) is 12.7. The van der Waals surface area contributed by atoms with Crippen molar-refractivity contribution < 1.29 is 4.42 Å². The molecule has 2 rings (SSSR count). The lowest BCUT2D eigenvalue weighted by atomic mass is 10.0. The summed E-state index contributed by atoms with van der Waals surface area (Å²) in [6.07, 6.45) is 1.66. The second kappa shape index (κ2) is 5.25. The van der Waals surface area contributed by atoms with Crippen molar-refractivity contribution in [1.82, 2.24) is 5.32 Å². The van der Waals surface area contributed by atoms with Crippen LogP contribution in [0.4, 0.5) is 0 Å². The summed E-state index contributed by atoms with van der Waals surface area (Å²) >= 11 is 9.74. The number of rotatable bonds is 3. The van der Waals surface area contributed by atoms with Crippen molar-refractivity contribution in [2.24, 2.45) is 0 Å². The van der Waals surface area contributed by atoms with E-state index in [1.54, 1.807) is 6.26 Å². The average molecular weight is 315 g/mol. The predicted octanol–water partition coefficient (Wildman–Crippen LogP) is 4.31. The summed E-state index contributed by atoms with van der Waals surface area (Å²) in [5.74, 6) is 0.832. The number of nitrogens with one attached hydrogen (secondary N) is 1. The smallest absolute Gasteiger partial charge is 0.139 e. The van der Waals surface area contributed by atoms with E-state index in [1.807, 2.05) is 38.2 Å². The number of aryl methyl sites for hydroxylation is 1. The summed E-state index contributed by atoms with van der Waals surface area (Å²) in [5, 5.41) is 3.96. The molecule has 1 heterocycles. The maximum absolute atomic E-state index is 6.28. The molecule has 1 aromatic heterocycles. The van der Waals surface area contributed by atoms with Gasteiger partial charge in [-0.05, 0) is 53.2 Å². The maximum atomic E-state index is 6.28. The van der Waals surface area contributed by atoms with Gasteiger partial charge in [0.15, 0.2) is 0 Å².